The zero-order chi connectivity index (χ0) is 16.9. The molecule has 6 heteroatoms. The highest BCUT2D eigenvalue weighted by Crippen LogP contribution is 2.17. The molecule has 0 aliphatic carbocycles. The molecule has 3 rings (SSSR count). The normalized spacial score (nSPS) is 18.5. The predicted octanol–water partition coefficient (Wildman–Crippen LogP) is 2.31. The van der Waals surface area contributed by atoms with Gasteiger partial charge in [0.2, 0.25) is 0 Å². The zero-order valence-corrected chi connectivity index (χ0v) is 15.0. The molecule has 0 spiro atoms. The van der Waals surface area contributed by atoms with Crippen molar-refractivity contribution >= 4 is 17.2 Å². The second-order valence-corrected chi connectivity index (χ2v) is 7.07. The van der Waals surface area contributed by atoms with Crippen molar-refractivity contribution in [2.24, 2.45) is 0 Å². The Morgan fingerprint density at radius 3 is 2.92 bits per heavy atom. The molecule has 0 saturated carbocycles. The number of benzene rings is 1. The van der Waals surface area contributed by atoms with Crippen LogP contribution in [-0.2, 0) is 22.6 Å². The van der Waals surface area contributed by atoms with E-state index in [0.717, 1.165) is 23.7 Å². The number of hydrogen-bond acceptors (Lipinski definition) is 5. The van der Waals surface area contributed by atoms with Gasteiger partial charge in [0.25, 0.3) is 5.91 Å². The number of likely N-dealkylation sites (N-methyl/N-ethyl adjacent to an activating group) is 1. The van der Waals surface area contributed by atoms with Crippen LogP contribution in [0.15, 0.2) is 35.8 Å². The molecule has 1 aromatic heterocycles. The highest BCUT2D eigenvalue weighted by Gasteiger charge is 2.29. The van der Waals surface area contributed by atoms with Gasteiger partial charge in [-0.2, -0.15) is 0 Å². The minimum absolute atomic E-state index is 0.0422. The molecule has 0 bridgehead atoms. The van der Waals surface area contributed by atoms with Crippen LogP contribution in [-0.4, -0.2) is 53.5 Å². The van der Waals surface area contributed by atoms with E-state index in [1.807, 2.05) is 37.7 Å². The molecule has 0 unspecified atom stereocenters. The lowest BCUT2D eigenvalue weighted by molar-refractivity contribution is -0.148. The Labute approximate surface area is 146 Å². The summed E-state index contributed by atoms with van der Waals surface area (Å²) in [6, 6.07) is 10.3. The number of morpholine rings is 1. The number of aryl methyl sites for hydroxylation is 1. The number of carbonyl (C=O) groups excluding carboxylic acids is 1. The van der Waals surface area contributed by atoms with Crippen molar-refractivity contribution in [3.05, 3.63) is 52.0 Å². The zero-order valence-electron chi connectivity index (χ0n) is 14.1. The first-order valence-electron chi connectivity index (χ1n) is 8.15. The Bertz CT molecular complexity index is 674. The van der Waals surface area contributed by atoms with Crippen LogP contribution in [0.1, 0.15) is 16.1 Å². The Balaban J connectivity index is 1.57. The Morgan fingerprint density at radius 2 is 2.21 bits per heavy atom. The maximum atomic E-state index is 12.7. The van der Waals surface area contributed by atoms with E-state index in [4.69, 9.17) is 4.74 Å². The van der Waals surface area contributed by atoms with Gasteiger partial charge in [-0.25, -0.2) is 4.98 Å². The molecular formula is C18H23N3O2S. The molecule has 0 N–H and O–H groups in total. The summed E-state index contributed by atoms with van der Waals surface area (Å²) in [5, 5.41) is 0. The summed E-state index contributed by atoms with van der Waals surface area (Å²) in [6.07, 6.45) is -0.388. The summed E-state index contributed by atoms with van der Waals surface area (Å²) in [5.74, 6) is 0.0422. The van der Waals surface area contributed by atoms with Crippen LogP contribution in [0.3, 0.4) is 0 Å². The fourth-order valence-electron chi connectivity index (χ4n) is 2.85. The molecule has 2 aromatic rings. The highest BCUT2D eigenvalue weighted by molar-refractivity contribution is 7.09. The van der Waals surface area contributed by atoms with Crippen LogP contribution < -0.4 is 0 Å². The summed E-state index contributed by atoms with van der Waals surface area (Å²) >= 11 is 1.59. The quantitative estimate of drug-likeness (QED) is 0.834. The van der Waals surface area contributed by atoms with E-state index in [-0.39, 0.29) is 12.0 Å². The van der Waals surface area contributed by atoms with Gasteiger partial charge in [-0.05, 0) is 12.5 Å². The molecule has 1 atom stereocenters. The van der Waals surface area contributed by atoms with Gasteiger partial charge in [0, 0.05) is 31.6 Å². The number of hydrogen-bond donors (Lipinski definition) is 0. The van der Waals surface area contributed by atoms with Gasteiger partial charge < -0.3 is 9.64 Å². The van der Waals surface area contributed by atoms with E-state index in [0.29, 0.717) is 19.7 Å². The summed E-state index contributed by atoms with van der Waals surface area (Å²) in [7, 11) is 1.83. The largest absolute Gasteiger partial charge is 0.366 e. The van der Waals surface area contributed by atoms with Gasteiger partial charge >= 0.3 is 0 Å². The SMILES string of the molecule is Cc1ncsc1CN(C)C(=O)[C@@H]1CN(Cc2ccccc2)CCO1. The van der Waals surface area contributed by atoms with Crippen LogP contribution in [0.4, 0.5) is 0 Å². The number of rotatable bonds is 5. The number of aromatic nitrogens is 1. The third kappa shape index (κ3) is 4.20. The molecule has 1 fully saturated rings. The molecule has 24 heavy (non-hydrogen) atoms. The standard InChI is InChI=1S/C18H23N3O2S/c1-14-17(24-13-19-14)12-20(2)18(22)16-11-21(8-9-23-16)10-15-6-4-3-5-7-15/h3-7,13,16H,8-12H2,1-2H3/t16-/m0/s1. The molecule has 128 valence electrons. The van der Waals surface area contributed by atoms with Crippen molar-refractivity contribution in [2.75, 3.05) is 26.7 Å². The lowest BCUT2D eigenvalue weighted by atomic mass is 10.2. The minimum atomic E-state index is -0.388. The average molecular weight is 345 g/mol. The Morgan fingerprint density at radius 1 is 1.42 bits per heavy atom. The molecule has 1 amide bonds. The van der Waals surface area contributed by atoms with Crippen molar-refractivity contribution in [1.82, 2.24) is 14.8 Å². The maximum absolute atomic E-state index is 12.7. The molecule has 0 radical (unpaired) electrons. The van der Waals surface area contributed by atoms with Gasteiger partial charge in [0.1, 0.15) is 6.10 Å². The van der Waals surface area contributed by atoms with Crippen LogP contribution in [0, 0.1) is 6.92 Å². The van der Waals surface area contributed by atoms with E-state index >= 15 is 0 Å². The lowest BCUT2D eigenvalue weighted by Crippen LogP contribution is -2.49. The Hall–Kier alpha value is -1.76. The molecule has 2 heterocycles. The number of nitrogens with zero attached hydrogens (tertiary/aromatic N) is 3. The van der Waals surface area contributed by atoms with E-state index in [1.165, 1.54) is 5.56 Å². The molecule has 1 saturated heterocycles. The number of amides is 1. The molecule has 1 aliphatic rings. The van der Waals surface area contributed by atoms with Crippen LogP contribution in [0.2, 0.25) is 0 Å². The van der Waals surface area contributed by atoms with Crippen molar-refractivity contribution in [1.29, 1.82) is 0 Å². The van der Waals surface area contributed by atoms with E-state index < -0.39 is 0 Å². The minimum Gasteiger partial charge on any atom is -0.366 e. The number of carbonyl (C=O) groups is 1. The summed E-state index contributed by atoms with van der Waals surface area (Å²) in [4.78, 5) is 22.1. The van der Waals surface area contributed by atoms with Crippen LogP contribution in [0.25, 0.3) is 0 Å². The van der Waals surface area contributed by atoms with Crippen molar-refractivity contribution < 1.29 is 9.53 Å². The van der Waals surface area contributed by atoms with E-state index in [1.54, 1.807) is 16.2 Å². The predicted molar refractivity (Wildman–Crippen MR) is 94.8 cm³/mol. The van der Waals surface area contributed by atoms with Gasteiger partial charge in [-0.1, -0.05) is 30.3 Å². The average Bonchev–Trinajstić information content (AvgIpc) is 3.00. The molecular weight excluding hydrogens is 322 g/mol. The summed E-state index contributed by atoms with van der Waals surface area (Å²) in [5.41, 5.74) is 4.08. The van der Waals surface area contributed by atoms with Crippen molar-refractivity contribution in [3.8, 4) is 0 Å². The fourth-order valence-corrected chi connectivity index (χ4v) is 3.68. The first-order valence-corrected chi connectivity index (χ1v) is 9.03. The summed E-state index contributed by atoms with van der Waals surface area (Å²) < 4.78 is 5.73. The number of ether oxygens (including phenoxy) is 1. The highest BCUT2D eigenvalue weighted by atomic mass is 32.1. The number of thiazole rings is 1. The Kier molecular flexibility index (Phi) is 5.60. The monoisotopic (exact) mass is 345 g/mol. The van der Waals surface area contributed by atoms with Crippen LogP contribution in [0.5, 0.6) is 0 Å². The smallest absolute Gasteiger partial charge is 0.253 e. The maximum Gasteiger partial charge on any atom is 0.253 e. The van der Waals surface area contributed by atoms with Gasteiger partial charge in [-0.3, -0.25) is 9.69 Å². The van der Waals surface area contributed by atoms with E-state index in [9.17, 15) is 4.79 Å². The second kappa shape index (κ2) is 7.88. The fraction of sp³-hybridized carbons (Fsp3) is 0.444. The molecule has 5 nitrogen and oxygen atoms in total. The third-order valence-electron chi connectivity index (χ3n) is 4.28. The first-order chi connectivity index (χ1) is 11.6. The van der Waals surface area contributed by atoms with Crippen molar-refractivity contribution in [3.63, 3.8) is 0 Å². The van der Waals surface area contributed by atoms with Gasteiger partial charge in [0.15, 0.2) is 0 Å². The second-order valence-electron chi connectivity index (χ2n) is 6.14. The van der Waals surface area contributed by atoms with Crippen molar-refractivity contribution in [2.45, 2.75) is 26.1 Å². The van der Waals surface area contributed by atoms with Gasteiger partial charge in [-0.15, -0.1) is 11.3 Å². The summed E-state index contributed by atoms with van der Waals surface area (Å²) in [6.45, 7) is 5.51. The van der Waals surface area contributed by atoms with Crippen LogP contribution >= 0.6 is 11.3 Å². The first kappa shape index (κ1) is 17.1. The van der Waals surface area contributed by atoms with E-state index in [2.05, 4.69) is 22.0 Å². The van der Waals surface area contributed by atoms with Gasteiger partial charge in [0.05, 0.1) is 24.4 Å². The lowest BCUT2D eigenvalue weighted by Gasteiger charge is -2.34. The molecule has 1 aromatic carbocycles. The topological polar surface area (TPSA) is 45.7 Å². The molecule has 1 aliphatic heterocycles. The third-order valence-corrected chi connectivity index (χ3v) is 5.20.